The molecule has 2 aromatic rings. The number of rotatable bonds is 5. The Balaban J connectivity index is 1.59. The van der Waals surface area contributed by atoms with Crippen molar-refractivity contribution in [1.29, 1.82) is 0 Å². The van der Waals surface area contributed by atoms with E-state index < -0.39 is 0 Å². The Hall–Kier alpha value is -1.72. The van der Waals surface area contributed by atoms with Gasteiger partial charge in [-0.2, -0.15) is 0 Å². The van der Waals surface area contributed by atoms with Crippen LogP contribution in [0.5, 0.6) is 0 Å². The molecule has 1 aliphatic rings. The fraction of sp³-hybridized carbons (Fsp3) is 0.500. The Morgan fingerprint density at radius 2 is 2.05 bits per heavy atom. The van der Waals surface area contributed by atoms with Crippen LogP contribution >= 0.6 is 0 Å². The van der Waals surface area contributed by atoms with E-state index in [0.29, 0.717) is 30.5 Å². The molecular formula is C16H21N3O2. The van der Waals surface area contributed by atoms with Crippen LogP contribution in [0.2, 0.25) is 0 Å². The summed E-state index contributed by atoms with van der Waals surface area (Å²) < 4.78 is 11.1. The van der Waals surface area contributed by atoms with Crippen LogP contribution in [-0.4, -0.2) is 29.5 Å². The van der Waals surface area contributed by atoms with Crippen molar-refractivity contribution in [3.8, 4) is 11.5 Å². The largest absolute Gasteiger partial charge is 0.419 e. The number of benzene rings is 1. The van der Waals surface area contributed by atoms with Crippen molar-refractivity contribution in [2.75, 3.05) is 7.11 Å². The first-order valence-corrected chi connectivity index (χ1v) is 7.25. The third-order valence-corrected chi connectivity index (χ3v) is 4.45. The molecule has 0 saturated heterocycles. The van der Waals surface area contributed by atoms with Crippen LogP contribution in [0.1, 0.15) is 26.2 Å². The van der Waals surface area contributed by atoms with E-state index in [1.807, 2.05) is 30.3 Å². The summed E-state index contributed by atoms with van der Waals surface area (Å²) in [5.41, 5.74) is 1.08. The molecule has 2 atom stereocenters. The first kappa shape index (κ1) is 14.2. The van der Waals surface area contributed by atoms with Gasteiger partial charge in [0.2, 0.25) is 11.8 Å². The van der Waals surface area contributed by atoms with E-state index in [-0.39, 0.29) is 5.41 Å². The second-order valence-electron chi connectivity index (χ2n) is 6.08. The van der Waals surface area contributed by atoms with E-state index in [4.69, 9.17) is 9.15 Å². The van der Waals surface area contributed by atoms with Gasteiger partial charge in [-0.1, -0.05) is 32.0 Å². The molecule has 1 aromatic carbocycles. The molecule has 21 heavy (non-hydrogen) atoms. The fourth-order valence-corrected chi connectivity index (χ4v) is 2.86. The quantitative estimate of drug-likeness (QED) is 0.916. The van der Waals surface area contributed by atoms with Crippen molar-refractivity contribution < 1.29 is 9.15 Å². The molecular weight excluding hydrogens is 266 g/mol. The first-order chi connectivity index (χ1) is 10.1. The average Bonchev–Trinajstić information content (AvgIpc) is 2.96. The number of hydrogen-bond donors (Lipinski definition) is 1. The molecule has 112 valence electrons. The van der Waals surface area contributed by atoms with Crippen molar-refractivity contribution in [1.82, 2.24) is 15.5 Å². The van der Waals surface area contributed by atoms with Gasteiger partial charge in [-0.3, -0.25) is 0 Å². The highest BCUT2D eigenvalue weighted by Crippen LogP contribution is 2.42. The molecule has 1 aromatic heterocycles. The van der Waals surface area contributed by atoms with E-state index in [1.54, 1.807) is 7.11 Å². The van der Waals surface area contributed by atoms with E-state index in [9.17, 15) is 0 Å². The van der Waals surface area contributed by atoms with Crippen molar-refractivity contribution in [2.45, 2.75) is 39.0 Å². The van der Waals surface area contributed by atoms with E-state index >= 15 is 0 Å². The van der Waals surface area contributed by atoms with Gasteiger partial charge in [0.1, 0.15) is 0 Å². The fourth-order valence-electron chi connectivity index (χ4n) is 2.86. The summed E-state index contributed by atoms with van der Waals surface area (Å²) in [7, 11) is 1.77. The van der Waals surface area contributed by atoms with Crippen molar-refractivity contribution in [3.63, 3.8) is 0 Å². The van der Waals surface area contributed by atoms with Crippen LogP contribution < -0.4 is 5.32 Å². The van der Waals surface area contributed by atoms with Crippen LogP contribution in [-0.2, 0) is 11.3 Å². The summed E-state index contributed by atoms with van der Waals surface area (Å²) in [6.07, 6.45) is 1.33. The lowest BCUT2D eigenvalue weighted by Gasteiger charge is -2.51. The Kier molecular flexibility index (Phi) is 3.78. The average molecular weight is 287 g/mol. The Morgan fingerprint density at radius 3 is 2.71 bits per heavy atom. The summed E-state index contributed by atoms with van der Waals surface area (Å²) >= 11 is 0. The summed E-state index contributed by atoms with van der Waals surface area (Å²) in [5, 5.41) is 11.7. The number of nitrogens with one attached hydrogen (secondary N) is 1. The zero-order valence-electron chi connectivity index (χ0n) is 12.7. The van der Waals surface area contributed by atoms with Gasteiger partial charge < -0.3 is 14.5 Å². The van der Waals surface area contributed by atoms with Crippen LogP contribution in [0.15, 0.2) is 34.7 Å². The Morgan fingerprint density at radius 1 is 1.29 bits per heavy atom. The second-order valence-corrected chi connectivity index (χ2v) is 6.08. The van der Waals surface area contributed by atoms with Gasteiger partial charge in [0.15, 0.2) is 0 Å². The van der Waals surface area contributed by atoms with Gasteiger partial charge in [-0.25, -0.2) is 0 Å². The molecule has 5 heteroatoms. The zero-order chi connectivity index (χ0) is 14.9. The molecule has 0 radical (unpaired) electrons. The molecule has 1 aliphatic carbocycles. The predicted octanol–water partition coefficient (Wildman–Crippen LogP) is 2.64. The van der Waals surface area contributed by atoms with Gasteiger partial charge in [0.25, 0.3) is 0 Å². The van der Waals surface area contributed by atoms with E-state index in [2.05, 4.69) is 29.4 Å². The lowest BCUT2D eigenvalue weighted by Crippen LogP contribution is -2.60. The lowest BCUT2D eigenvalue weighted by atomic mass is 9.64. The molecule has 5 nitrogen and oxygen atoms in total. The number of nitrogens with zero attached hydrogens (tertiary/aromatic N) is 2. The molecule has 3 rings (SSSR count). The maximum absolute atomic E-state index is 5.69. The van der Waals surface area contributed by atoms with Crippen LogP contribution in [0, 0.1) is 5.41 Å². The monoisotopic (exact) mass is 287 g/mol. The van der Waals surface area contributed by atoms with E-state index in [1.165, 1.54) is 0 Å². The summed E-state index contributed by atoms with van der Waals surface area (Å²) in [4.78, 5) is 0. The third-order valence-electron chi connectivity index (χ3n) is 4.45. The van der Waals surface area contributed by atoms with Crippen molar-refractivity contribution >= 4 is 0 Å². The van der Waals surface area contributed by atoms with Gasteiger partial charge >= 0.3 is 0 Å². The lowest BCUT2D eigenvalue weighted by molar-refractivity contribution is -0.0983. The maximum atomic E-state index is 5.69. The molecule has 1 heterocycles. The number of hydrogen-bond acceptors (Lipinski definition) is 5. The number of ether oxygens (including phenoxy) is 1. The highest BCUT2D eigenvalue weighted by atomic mass is 16.5. The van der Waals surface area contributed by atoms with Crippen LogP contribution in [0.3, 0.4) is 0 Å². The van der Waals surface area contributed by atoms with Crippen LogP contribution in [0.25, 0.3) is 11.5 Å². The summed E-state index contributed by atoms with van der Waals surface area (Å²) in [6, 6.07) is 10.2. The SMILES string of the molecule is COC1CC(NCc2nnc(-c3ccccc3)o2)C1(C)C. The minimum absolute atomic E-state index is 0.136. The normalized spacial score (nSPS) is 23.8. The minimum atomic E-state index is 0.136. The predicted molar refractivity (Wildman–Crippen MR) is 79.6 cm³/mol. The number of methoxy groups -OCH3 is 1. The zero-order valence-corrected chi connectivity index (χ0v) is 12.7. The molecule has 0 aliphatic heterocycles. The smallest absolute Gasteiger partial charge is 0.247 e. The number of aromatic nitrogens is 2. The molecule has 2 unspecified atom stereocenters. The first-order valence-electron chi connectivity index (χ1n) is 7.25. The highest BCUT2D eigenvalue weighted by Gasteiger charge is 2.48. The molecule has 1 fully saturated rings. The van der Waals surface area contributed by atoms with E-state index in [0.717, 1.165) is 12.0 Å². The molecule has 0 amide bonds. The summed E-state index contributed by atoms with van der Waals surface area (Å²) in [5.74, 6) is 1.18. The molecule has 1 saturated carbocycles. The van der Waals surface area contributed by atoms with Crippen molar-refractivity contribution in [3.05, 3.63) is 36.2 Å². The topological polar surface area (TPSA) is 60.2 Å². The minimum Gasteiger partial charge on any atom is -0.419 e. The van der Waals surface area contributed by atoms with Gasteiger partial charge in [-0.15, -0.1) is 10.2 Å². The Bertz CT molecular complexity index is 595. The summed E-state index contributed by atoms with van der Waals surface area (Å²) in [6.45, 7) is 5.02. The van der Waals surface area contributed by atoms with Gasteiger partial charge in [0.05, 0.1) is 12.6 Å². The van der Waals surface area contributed by atoms with Gasteiger partial charge in [-0.05, 0) is 18.6 Å². The molecule has 0 spiro atoms. The van der Waals surface area contributed by atoms with Crippen LogP contribution in [0.4, 0.5) is 0 Å². The van der Waals surface area contributed by atoms with Gasteiger partial charge in [0, 0.05) is 24.1 Å². The second kappa shape index (κ2) is 5.58. The Labute approximate surface area is 124 Å². The standard InChI is InChI=1S/C16H21N3O2/c1-16(2)12(9-13(16)20-3)17-10-14-18-19-15(21-14)11-7-5-4-6-8-11/h4-8,12-13,17H,9-10H2,1-3H3. The van der Waals surface area contributed by atoms with Crippen molar-refractivity contribution in [2.24, 2.45) is 5.41 Å². The molecule has 0 bridgehead atoms. The molecule has 1 N–H and O–H groups in total. The maximum Gasteiger partial charge on any atom is 0.247 e. The third kappa shape index (κ3) is 2.71. The highest BCUT2D eigenvalue weighted by molar-refractivity contribution is 5.51.